The number of aliphatic hydroxyl groups is 1. The van der Waals surface area contributed by atoms with E-state index >= 15 is 0 Å². The number of aliphatic hydroxyl groups excluding tert-OH is 1. The van der Waals surface area contributed by atoms with Crippen molar-refractivity contribution in [2.24, 2.45) is 0 Å². The topological polar surface area (TPSA) is 79.8 Å². The fourth-order valence-electron chi connectivity index (χ4n) is 1.86. The zero-order valence-electron chi connectivity index (χ0n) is 14.8. The van der Waals surface area contributed by atoms with E-state index in [0.29, 0.717) is 30.5 Å². The van der Waals surface area contributed by atoms with Crippen LogP contribution < -0.4 is 20.1 Å². The predicted octanol–water partition coefficient (Wildman–Crippen LogP) is 1.93. The van der Waals surface area contributed by atoms with E-state index in [1.54, 1.807) is 32.4 Å². The summed E-state index contributed by atoms with van der Waals surface area (Å²) in [6.45, 7) is 6.48. The lowest BCUT2D eigenvalue weighted by atomic mass is 10.2. The average molecular weight is 336 g/mol. The van der Waals surface area contributed by atoms with Gasteiger partial charge in [-0.2, -0.15) is 0 Å². The Morgan fingerprint density at radius 3 is 2.71 bits per heavy atom. The first kappa shape index (κ1) is 20.0. The second-order valence-corrected chi connectivity index (χ2v) is 5.69. The highest BCUT2D eigenvalue weighted by Gasteiger charge is 2.09. The molecule has 0 aliphatic carbocycles. The summed E-state index contributed by atoms with van der Waals surface area (Å²) in [4.78, 5) is 11.2. The first-order valence-electron chi connectivity index (χ1n) is 8.14. The van der Waals surface area contributed by atoms with E-state index < -0.39 is 6.10 Å². The minimum absolute atomic E-state index is 0.0397. The number of nitrogens with one attached hydrogen (secondary N) is 2. The Morgan fingerprint density at radius 2 is 2.08 bits per heavy atom. The number of methoxy groups -OCH3 is 1. The Balaban J connectivity index is 2.61. The summed E-state index contributed by atoms with van der Waals surface area (Å²) in [6.07, 6.45) is 3.22. The number of rotatable bonds is 10. The smallest absolute Gasteiger partial charge is 0.223 e. The summed E-state index contributed by atoms with van der Waals surface area (Å²) in [7, 11) is 1.56. The normalized spacial score (nSPS) is 12.4. The van der Waals surface area contributed by atoms with Gasteiger partial charge in [-0.25, -0.2) is 0 Å². The molecule has 1 atom stereocenters. The highest BCUT2D eigenvalue weighted by Crippen LogP contribution is 2.28. The minimum Gasteiger partial charge on any atom is -0.493 e. The van der Waals surface area contributed by atoms with E-state index in [-0.39, 0.29) is 12.5 Å². The summed E-state index contributed by atoms with van der Waals surface area (Å²) < 4.78 is 10.9. The molecule has 6 heteroatoms. The second-order valence-electron chi connectivity index (χ2n) is 5.69. The van der Waals surface area contributed by atoms with E-state index in [4.69, 9.17) is 9.47 Å². The minimum atomic E-state index is -0.596. The molecule has 0 fully saturated rings. The fourth-order valence-corrected chi connectivity index (χ4v) is 1.86. The van der Waals surface area contributed by atoms with Crippen molar-refractivity contribution < 1.29 is 19.4 Å². The Labute approximate surface area is 143 Å². The third-order valence-corrected chi connectivity index (χ3v) is 3.22. The molecule has 3 N–H and O–H groups in total. The van der Waals surface area contributed by atoms with Gasteiger partial charge in [0, 0.05) is 25.2 Å². The molecular formula is C18H28N2O4. The summed E-state index contributed by atoms with van der Waals surface area (Å²) in [6, 6.07) is 5.75. The molecule has 1 rings (SSSR count). The van der Waals surface area contributed by atoms with Crippen molar-refractivity contribution in [2.75, 3.05) is 20.3 Å². The van der Waals surface area contributed by atoms with Crippen LogP contribution in [-0.4, -0.2) is 43.4 Å². The van der Waals surface area contributed by atoms with Crippen LogP contribution in [0.15, 0.2) is 24.4 Å². The van der Waals surface area contributed by atoms with Gasteiger partial charge in [0.2, 0.25) is 5.91 Å². The maximum absolute atomic E-state index is 11.2. The van der Waals surface area contributed by atoms with Gasteiger partial charge in [-0.3, -0.25) is 4.79 Å². The number of hydrogen-bond acceptors (Lipinski definition) is 5. The summed E-state index contributed by atoms with van der Waals surface area (Å²) in [5, 5.41) is 15.7. The van der Waals surface area contributed by atoms with Crippen LogP contribution in [0.1, 0.15) is 32.8 Å². The van der Waals surface area contributed by atoms with Crippen LogP contribution in [0.25, 0.3) is 6.08 Å². The van der Waals surface area contributed by atoms with Gasteiger partial charge < -0.3 is 25.2 Å². The number of amides is 1. The van der Waals surface area contributed by atoms with Gasteiger partial charge in [-0.05, 0) is 23.8 Å². The molecule has 0 heterocycles. The monoisotopic (exact) mass is 336 g/mol. The van der Waals surface area contributed by atoms with E-state index in [1.807, 2.05) is 26.0 Å². The third-order valence-electron chi connectivity index (χ3n) is 3.22. The Hall–Kier alpha value is -2.05. The summed E-state index contributed by atoms with van der Waals surface area (Å²) in [5.41, 5.74) is 0.873. The van der Waals surface area contributed by atoms with Crippen molar-refractivity contribution in [1.29, 1.82) is 0 Å². The van der Waals surface area contributed by atoms with Crippen LogP contribution in [0.2, 0.25) is 0 Å². The lowest BCUT2D eigenvalue weighted by molar-refractivity contribution is -0.119. The molecule has 0 aliphatic heterocycles. The van der Waals surface area contributed by atoms with Crippen molar-refractivity contribution >= 4 is 12.0 Å². The van der Waals surface area contributed by atoms with Gasteiger partial charge in [-0.15, -0.1) is 0 Å². The number of benzene rings is 1. The van der Waals surface area contributed by atoms with Gasteiger partial charge in [0.25, 0.3) is 0 Å². The van der Waals surface area contributed by atoms with E-state index in [9.17, 15) is 9.90 Å². The van der Waals surface area contributed by atoms with Crippen LogP contribution in [0.5, 0.6) is 11.5 Å². The number of hydrogen-bond donors (Lipinski definition) is 3. The van der Waals surface area contributed by atoms with Crippen molar-refractivity contribution in [3.05, 3.63) is 30.0 Å². The van der Waals surface area contributed by atoms with Gasteiger partial charge in [-0.1, -0.05) is 26.8 Å². The molecule has 0 aliphatic rings. The van der Waals surface area contributed by atoms with Crippen molar-refractivity contribution in [1.82, 2.24) is 10.6 Å². The highest BCUT2D eigenvalue weighted by molar-refractivity contribution is 5.77. The first-order chi connectivity index (χ1) is 11.5. The third kappa shape index (κ3) is 7.48. The zero-order chi connectivity index (χ0) is 17.9. The maximum atomic E-state index is 11.2. The van der Waals surface area contributed by atoms with Gasteiger partial charge in [0.15, 0.2) is 11.5 Å². The standard InChI is InChI=1S/C18H28N2O4/c1-5-18(22)19-9-8-14-6-7-16(17(10-14)23-4)24-12-15(21)11-20-13(2)3/h6-10,13,15,20-21H,5,11-12H2,1-4H3,(H,19,22). The maximum Gasteiger partial charge on any atom is 0.223 e. The number of ether oxygens (including phenoxy) is 2. The molecule has 0 aromatic heterocycles. The Kier molecular flexibility index (Phi) is 8.89. The van der Waals surface area contributed by atoms with E-state index in [1.165, 1.54) is 0 Å². The van der Waals surface area contributed by atoms with Crippen LogP contribution in [0.4, 0.5) is 0 Å². The average Bonchev–Trinajstić information content (AvgIpc) is 2.58. The fraction of sp³-hybridized carbons (Fsp3) is 0.500. The Morgan fingerprint density at radius 1 is 1.33 bits per heavy atom. The molecule has 134 valence electrons. The lowest BCUT2D eigenvalue weighted by Gasteiger charge is -2.16. The van der Waals surface area contributed by atoms with Crippen molar-refractivity contribution in [3.63, 3.8) is 0 Å². The predicted molar refractivity (Wildman–Crippen MR) is 95.1 cm³/mol. The molecule has 6 nitrogen and oxygen atoms in total. The van der Waals surface area contributed by atoms with Crippen molar-refractivity contribution in [3.8, 4) is 11.5 Å². The quantitative estimate of drug-likeness (QED) is 0.608. The largest absolute Gasteiger partial charge is 0.493 e. The molecule has 1 aromatic carbocycles. The number of carbonyl (C=O) groups is 1. The van der Waals surface area contributed by atoms with E-state index in [0.717, 1.165) is 5.56 Å². The van der Waals surface area contributed by atoms with Crippen LogP contribution in [-0.2, 0) is 4.79 Å². The number of carbonyl (C=O) groups excluding carboxylic acids is 1. The van der Waals surface area contributed by atoms with Crippen LogP contribution in [0.3, 0.4) is 0 Å². The molecule has 1 amide bonds. The molecule has 1 aromatic rings. The SMILES string of the molecule is CCC(=O)NC=Cc1ccc(OCC(O)CNC(C)C)c(OC)c1. The molecule has 0 spiro atoms. The van der Waals surface area contributed by atoms with Gasteiger partial charge in [0.1, 0.15) is 12.7 Å². The molecule has 24 heavy (non-hydrogen) atoms. The second kappa shape index (κ2) is 10.7. The molecule has 0 saturated carbocycles. The lowest BCUT2D eigenvalue weighted by Crippen LogP contribution is -2.35. The highest BCUT2D eigenvalue weighted by atomic mass is 16.5. The molecule has 1 unspecified atom stereocenters. The van der Waals surface area contributed by atoms with E-state index in [2.05, 4.69) is 10.6 Å². The first-order valence-corrected chi connectivity index (χ1v) is 8.14. The molecule has 0 bridgehead atoms. The molecule has 0 saturated heterocycles. The van der Waals surface area contributed by atoms with Crippen LogP contribution in [0, 0.1) is 0 Å². The van der Waals surface area contributed by atoms with Gasteiger partial charge >= 0.3 is 0 Å². The Bertz CT molecular complexity index is 544. The molecular weight excluding hydrogens is 308 g/mol. The zero-order valence-corrected chi connectivity index (χ0v) is 14.8. The summed E-state index contributed by atoms with van der Waals surface area (Å²) >= 11 is 0. The van der Waals surface area contributed by atoms with Gasteiger partial charge in [0.05, 0.1) is 7.11 Å². The van der Waals surface area contributed by atoms with Crippen molar-refractivity contribution in [2.45, 2.75) is 39.3 Å². The summed E-state index contributed by atoms with van der Waals surface area (Å²) in [5.74, 6) is 1.10. The molecule has 0 radical (unpaired) electrons. The van der Waals surface area contributed by atoms with Crippen LogP contribution >= 0.6 is 0 Å².